The number of aliphatic carboxylic acids is 1. The standard InChI is InChI=1S/C21H37N3O5/c1-12(2)15(9-13(3)20(28)29)24(8)19(27)17(21(4,5)6)22-18(26)16-10-14(25)11-23(16)7/h9,12,14-17,25H,10-11H2,1-8H3,(H,22,26)(H,28,29)/b13-9+/t14-,15-,16-,17-/m1/s1. The summed E-state index contributed by atoms with van der Waals surface area (Å²) in [6.07, 6.45) is 1.35. The van der Waals surface area contributed by atoms with E-state index in [0.29, 0.717) is 13.0 Å². The molecule has 0 bridgehead atoms. The van der Waals surface area contributed by atoms with Gasteiger partial charge in [-0.2, -0.15) is 0 Å². The highest BCUT2D eigenvalue weighted by molar-refractivity contribution is 5.91. The Kier molecular flexibility index (Phi) is 8.41. The number of carboxylic acids is 1. The van der Waals surface area contributed by atoms with Crippen LogP contribution in [0.2, 0.25) is 0 Å². The molecule has 0 saturated carbocycles. The number of hydrogen-bond donors (Lipinski definition) is 3. The fourth-order valence-corrected chi connectivity index (χ4v) is 3.60. The highest BCUT2D eigenvalue weighted by Crippen LogP contribution is 2.25. The first-order valence-corrected chi connectivity index (χ1v) is 10.0. The SMILES string of the molecule is C/C(=C\[C@H](C(C)C)N(C)C(=O)[C@@H](NC(=O)[C@H]1C[C@@H](O)CN1C)C(C)(C)C)C(=O)O. The predicted octanol–water partition coefficient (Wildman–Crippen LogP) is 1.10. The van der Waals surface area contributed by atoms with E-state index in [2.05, 4.69) is 5.32 Å². The molecule has 0 unspecified atom stereocenters. The summed E-state index contributed by atoms with van der Waals surface area (Å²) in [6.45, 7) is 11.4. The summed E-state index contributed by atoms with van der Waals surface area (Å²) >= 11 is 0. The molecule has 0 aromatic rings. The number of nitrogens with one attached hydrogen (secondary N) is 1. The van der Waals surface area contributed by atoms with Gasteiger partial charge in [-0.3, -0.25) is 14.5 Å². The van der Waals surface area contributed by atoms with Gasteiger partial charge in [0.15, 0.2) is 0 Å². The number of aliphatic hydroxyl groups excluding tert-OH is 1. The van der Waals surface area contributed by atoms with Crippen LogP contribution < -0.4 is 5.32 Å². The first kappa shape index (κ1) is 25.1. The zero-order chi connectivity index (χ0) is 22.7. The summed E-state index contributed by atoms with van der Waals surface area (Å²) in [5.74, 6) is -1.60. The molecule has 0 radical (unpaired) electrons. The van der Waals surface area contributed by atoms with Crippen molar-refractivity contribution >= 4 is 17.8 Å². The van der Waals surface area contributed by atoms with Gasteiger partial charge < -0.3 is 20.4 Å². The fraction of sp³-hybridized carbons (Fsp3) is 0.762. The molecule has 0 aromatic carbocycles. The number of amides is 2. The van der Waals surface area contributed by atoms with Crippen LogP contribution in [0.5, 0.6) is 0 Å². The van der Waals surface area contributed by atoms with Gasteiger partial charge in [0.25, 0.3) is 0 Å². The van der Waals surface area contributed by atoms with E-state index in [1.165, 1.54) is 11.8 Å². The normalized spacial score (nSPS) is 23.0. The van der Waals surface area contributed by atoms with E-state index in [4.69, 9.17) is 0 Å². The number of carbonyl (C=O) groups excluding carboxylic acids is 2. The number of likely N-dealkylation sites (N-methyl/N-ethyl adjacent to an activating group) is 2. The Bertz CT molecular complexity index is 653. The van der Waals surface area contributed by atoms with Crippen LogP contribution in [0, 0.1) is 11.3 Å². The van der Waals surface area contributed by atoms with Gasteiger partial charge in [-0.15, -0.1) is 0 Å². The lowest BCUT2D eigenvalue weighted by Gasteiger charge is -2.38. The highest BCUT2D eigenvalue weighted by Gasteiger charge is 2.40. The second-order valence-electron chi connectivity index (χ2n) is 9.49. The number of nitrogens with zero attached hydrogens (tertiary/aromatic N) is 2. The molecule has 0 aliphatic carbocycles. The second kappa shape index (κ2) is 9.71. The van der Waals surface area contributed by atoms with Crippen LogP contribution in [0.3, 0.4) is 0 Å². The molecule has 8 heteroatoms. The summed E-state index contributed by atoms with van der Waals surface area (Å²) in [5.41, 5.74) is -0.384. The van der Waals surface area contributed by atoms with Gasteiger partial charge >= 0.3 is 5.97 Å². The zero-order valence-electron chi connectivity index (χ0n) is 18.9. The third kappa shape index (κ3) is 6.54. The lowest BCUT2D eigenvalue weighted by molar-refractivity contribution is -0.141. The smallest absolute Gasteiger partial charge is 0.331 e. The summed E-state index contributed by atoms with van der Waals surface area (Å²) < 4.78 is 0. The Morgan fingerprint density at radius 1 is 1.24 bits per heavy atom. The summed E-state index contributed by atoms with van der Waals surface area (Å²) in [6, 6.07) is -1.69. The van der Waals surface area contributed by atoms with Crippen molar-refractivity contribution in [2.24, 2.45) is 11.3 Å². The van der Waals surface area contributed by atoms with Crippen molar-refractivity contribution in [1.29, 1.82) is 0 Å². The quantitative estimate of drug-likeness (QED) is 0.541. The maximum absolute atomic E-state index is 13.4. The average molecular weight is 412 g/mol. The molecule has 1 heterocycles. The van der Waals surface area contributed by atoms with Crippen LogP contribution in [0.1, 0.15) is 48.0 Å². The molecule has 3 N–H and O–H groups in total. The molecule has 2 amide bonds. The number of carboxylic acid groups (broad SMARTS) is 1. The van der Waals surface area contributed by atoms with Crippen LogP contribution in [0.15, 0.2) is 11.6 Å². The van der Waals surface area contributed by atoms with Crippen LogP contribution in [0.4, 0.5) is 0 Å². The molecule has 1 aliphatic heterocycles. The van der Waals surface area contributed by atoms with Crippen molar-refractivity contribution in [2.45, 2.75) is 72.2 Å². The van der Waals surface area contributed by atoms with Crippen molar-refractivity contribution in [3.63, 3.8) is 0 Å². The van der Waals surface area contributed by atoms with Crippen LogP contribution >= 0.6 is 0 Å². The topological polar surface area (TPSA) is 110 Å². The van der Waals surface area contributed by atoms with Crippen molar-refractivity contribution in [3.05, 3.63) is 11.6 Å². The molecule has 0 aromatic heterocycles. The van der Waals surface area contributed by atoms with Crippen molar-refractivity contribution in [1.82, 2.24) is 15.1 Å². The van der Waals surface area contributed by atoms with E-state index in [1.54, 1.807) is 25.1 Å². The zero-order valence-corrected chi connectivity index (χ0v) is 18.9. The summed E-state index contributed by atoms with van der Waals surface area (Å²) in [4.78, 5) is 40.7. The molecule has 0 spiro atoms. The van der Waals surface area contributed by atoms with Gasteiger partial charge in [0.2, 0.25) is 11.8 Å². The molecule has 1 fully saturated rings. The van der Waals surface area contributed by atoms with E-state index >= 15 is 0 Å². The largest absolute Gasteiger partial charge is 0.478 e. The van der Waals surface area contributed by atoms with E-state index < -0.39 is 35.6 Å². The molecular formula is C21H37N3O5. The monoisotopic (exact) mass is 411 g/mol. The molecule has 29 heavy (non-hydrogen) atoms. The third-order valence-electron chi connectivity index (χ3n) is 5.46. The minimum Gasteiger partial charge on any atom is -0.478 e. The van der Waals surface area contributed by atoms with Gasteiger partial charge in [0.1, 0.15) is 6.04 Å². The molecule has 166 valence electrons. The second-order valence-corrected chi connectivity index (χ2v) is 9.49. The number of likely N-dealkylation sites (tertiary alicyclic amines) is 1. The first-order valence-electron chi connectivity index (χ1n) is 10.0. The van der Waals surface area contributed by atoms with E-state index in [1.807, 2.05) is 34.6 Å². The van der Waals surface area contributed by atoms with Gasteiger partial charge in [-0.1, -0.05) is 40.7 Å². The Balaban J connectivity index is 3.10. The molecule has 1 saturated heterocycles. The van der Waals surface area contributed by atoms with Crippen LogP contribution in [0.25, 0.3) is 0 Å². The van der Waals surface area contributed by atoms with E-state index in [-0.39, 0.29) is 23.3 Å². The Morgan fingerprint density at radius 3 is 2.17 bits per heavy atom. The lowest BCUT2D eigenvalue weighted by atomic mass is 9.85. The predicted molar refractivity (Wildman–Crippen MR) is 111 cm³/mol. The van der Waals surface area contributed by atoms with Crippen molar-refractivity contribution in [3.8, 4) is 0 Å². The maximum atomic E-state index is 13.4. The van der Waals surface area contributed by atoms with Crippen molar-refractivity contribution < 1.29 is 24.6 Å². The summed E-state index contributed by atoms with van der Waals surface area (Å²) in [7, 11) is 3.41. The summed E-state index contributed by atoms with van der Waals surface area (Å²) in [5, 5.41) is 21.9. The maximum Gasteiger partial charge on any atom is 0.331 e. The minimum atomic E-state index is -1.03. The van der Waals surface area contributed by atoms with Gasteiger partial charge in [0, 0.05) is 19.2 Å². The average Bonchev–Trinajstić information content (AvgIpc) is 2.92. The van der Waals surface area contributed by atoms with Gasteiger partial charge in [0.05, 0.1) is 18.2 Å². The molecule has 4 atom stereocenters. The van der Waals surface area contributed by atoms with Crippen molar-refractivity contribution in [2.75, 3.05) is 20.6 Å². The Hall–Kier alpha value is -1.93. The van der Waals surface area contributed by atoms with E-state index in [9.17, 15) is 24.6 Å². The first-order chi connectivity index (χ1) is 13.2. The van der Waals surface area contributed by atoms with E-state index in [0.717, 1.165) is 0 Å². The van der Waals surface area contributed by atoms with Gasteiger partial charge in [-0.05, 0) is 31.7 Å². The molecule has 1 rings (SSSR count). The molecular weight excluding hydrogens is 374 g/mol. The Labute approximate surface area is 173 Å². The lowest BCUT2D eigenvalue weighted by Crippen LogP contribution is -2.58. The minimum absolute atomic E-state index is 0.00863. The van der Waals surface area contributed by atoms with Crippen LogP contribution in [-0.2, 0) is 14.4 Å². The number of aliphatic hydroxyl groups is 1. The highest BCUT2D eigenvalue weighted by atomic mass is 16.4. The molecule has 1 aliphatic rings. The number of β-amino-alcohol motifs (C(OH)–C–C–N with tert-alkyl or cyclic N) is 1. The molecule has 8 nitrogen and oxygen atoms in total. The number of rotatable bonds is 7. The van der Waals surface area contributed by atoms with Crippen LogP contribution in [-0.4, -0.2) is 82.7 Å². The fourth-order valence-electron chi connectivity index (χ4n) is 3.60. The Morgan fingerprint density at radius 2 is 1.79 bits per heavy atom. The number of carbonyl (C=O) groups is 3. The number of hydrogen-bond acceptors (Lipinski definition) is 5. The third-order valence-corrected chi connectivity index (χ3v) is 5.46. The van der Waals surface area contributed by atoms with Gasteiger partial charge in [-0.25, -0.2) is 4.79 Å².